The third kappa shape index (κ3) is 4.48. The van der Waals surface area contributed by atoms with Gasteiger partial charge in [0.15, 0.2) is 5.65 Å². The average Bonchev–Trinajstić information content (AvgIpc) is 3.46. The molecule has 0 saturated heterocycles. The smallest absolute Gasteiger partial charge is 0.165 e. The highest BCUT2D eigenvalue weighted by atomic mass is 35.5. The number of aryl methyl sites for hydroxylation is 1. The molecule has 1 aliphatic rings. The van der Waals surface area contributed by atoms with Gasteiger partial charge in [0, 0.05) is 29.1 Å². The number of benzene rings is 2. The summed E-state index contributed by atoms with van der Waals surface area (Å²) >= 11 is 8.45. The quantitative estimate of drug-likeness (QED) is 0.252. The standard InChI is InChI=1S/C27H29ClN4O2S/c1-5-12-31(14-18-6-9-20(35-4)10-7-18)27-22-15-34-16-24(22)29-26-25(17(2)30-32(26)27)21-11-8-19(33-3)13-23(21)28/h6-11,13H,5,12,14-16H2,1-4H3. The van der Waals surface area contributed by atoms with Gasteiger partial charge < -0.3 is 14.4 Å². The van der Waals surface area contributed by atoms with Crippen LogP contribution in [-0.2, 0) is 24.5 Å². The van der Waals surface area contributed by atoms with Gasteiger partial charge in [-0.25, -0.2) is 4.98 Å². The minimum absolute atomic E-state index is 0.501. The van der Waals surface area contributed by atoms with Crippen molar-refractivity contribution in [1.82, 2.24) is 14.6 Å². The molecule has 0 unspecified atom stereocenters. The van der Waals surface area contributed by atoms with Crippen LogP contribution < -0.4 is 9.64 Å². The molecule has 2 aromatic heterocycles. The molecule has 6 nitrogen and oxygen atoms in total. The Morgan fingerprint density at radius 3 is 2.66 bits per heavy atom. The van der Waals surface area contributed by atoms with E-state index in [0.29, 0.717) is 18.2 Å². The molecular weight excluding hydrogens is 480 g/mol. The predicted molar refractivity (Wildman–Crippen MR) is 143 cm³/mol. The molecule has 0 N–H and O–H groups in total. The van der Waals surface area contributed by atoms with E-state index in [9.17, 15) is 0 Å². The van der Waals surface area contributed by atoms with Gasteiger partial charge in [-0.1, -0.05) is 30.7 Å². The monoisotopic (exact) mass is 508 g/mol. The third-order valence-corrected chi connectivity index (χ3v) is 7.41. The summed E-state index contributed by atoms with van der Waals surface area (Å²) in [5.74, 6) is 1.77. The van der Waals surface area contributed by atoms with Crippen LogP contribution in [0, 0.1) is 6.92 Å². The molecule has 0 aliphatic carbocycles. The second-order valence-corrected chi connectivity index (χ2v) is 9.95. The number of rotatable bonds is 8. The molecule has 0 spiro atoms. The summed E-state index contributed by atoms with van der Waals surface area (Å²) < 4.78 is 13.2. The van der Waals surface area contributed by atoms with Crippen LogP contribution in [0.1, 0.15) is 35.9 Å². The number of aromatic nitrogens is 3. The number of fused-ring (bicyclic) bond motifs is 2. The van der Waals surface area contributed by atoms with Crippen LogP contribution in [0.4, 0.5) is 5.82 Å². The van der Waals surface area contributed by atoms with Crippen LogP contribution in [0.5, 0.6) is 5.75 Å². The van der Waals surface area contributed by atoms with Crippen LogP contribution in [0.3, 0.4) is 0 Å². The largest absolute Gasteiger partial charge is 0.497 e. The fourth-order valence-corrected chi connectivity index (χ4v) is 5.36. The Morgan fingerprint density at radius 1 is 1.17 bits per heavy atom. The first-order chi connectivity index (χ1) is 17.0. The topological polar surface area (TPSA) is 51.9 Å². The molecule has 8 heteroatoms. The number of ether oxygens (including phenoxy) is 2. The molecule has 0 amide bonds. The van der Waals surface area contributed by atoms with Gasteiger partial charge in [0.1, 0.15) is 11.6 Å². The second kappa shape index (κ2) is 10.1. The summed E-state index contributed by atoms with van der Waals surface area (Å²) in [7, 11) is 1.64. The molecule has 0 fully saturated rings. The summed E-state index contributed by atoms with van der Waals surface area (Å²) in [5, 5.41) is 5.60. The highest BCUT2D eigenvalue weighted by molar-refractivity contribution is 7.98. The number of halogens is 1. The zero-order valence-electron chi connectivity index (χ0n) is 20.5. The van der Waals surface area contributed by atoms with Crippen molar-refractivity contribution >= 4 is 34.8 Å². The SMILES string of the molecule is CCCN(Cc1ccc(SC)cc1)c1c2c(nc3c(-c4ccc(OC)cc4Cl)c(C)nn13)COC2. The average molecular weight is 509 g/mol. The highest BCUT2D eigenvalue weighted by Gasteiger charge is 2.28. The molecular formula is C27H29ClN4O2S. The minimum atomic E-state index is 0.501. The zero-order valence-corrected chi connectivity index (χ0v) is 22.0. The highest BCUT2D eigenvalue weighted by Crippen LogP contribution is 2.39. The Balaban J connectivity index is 1.67. The Morgan fingerprint density at radius 2 is 1.97 bits per heavy atom. The van der Waals surface area contributed by atoms with Gasteiger partial charge in [-0.3, -0.25) is 0 Å². The van der Waals surface area contributed by atoms with Gasteiger partial charge in [-0.2, -0.15) is 9.61 Å². The van der Waals surface area contributed by atoms with E-state index in [1.165, 1.54) is 10.5 Å². The third-order valence-electron chi connectivity index (χ3n) is 6.35. The van der Waals surface area contributed by atoms with Crippen molar-refractivity contribution in [3.8, 4) is 16.9 Å². The van der Waals surface area contributed by atoms with E-state index < -0.39 is 0 Å². The summed E-state index contributed by atoms with van der Waals surface area (Å²) in [6.07, 6.45) is 3.11. The lowest BCUT2D eigenvalue weighted by molar-refractivity contribution is 0.133. The van der Waals surface area contributed by atoms with Crippen molar-refractivity contribution in [2.45, 2.75) is 44.9 Å². The number of hydrogen-bond acceptors (Lipinski definition) is 6. The molecule has 2 aromatic carbocycles. The van der Waals surface area contributed by atoms with Crippen molar-refractivity contribution in [2.24, 2.45) is 0 Å². The van der Waals surface area contributed by atoms with Gasteiger partial charge in [-0.05, 0) is 55.5 Å². The summed E-state index contributed by atoms with van der Waals surface area (Å²) in [6.45, 7) is 6.94. The normalized spacial score (nSPS) is 12.8. The van der Waals surface area contributed by atoms with Crippen LogP contribution in [0.25, 0.3) is 16.8 Å². The van der Waals surface area contributed by atoms with E-state index in [1.807, 2.05) is 29.6 Å². The van der Waals surface area contributed by atoms with E-state index in [2.05, 4.69) is 42.3 Å². The fraction of sp³-hybridized carbons (Fsp3) is 0.333. The summed E-state index contributed by atoms with van der Waals surface area (Å²) in [6, 6.07) is 14.5. The van der Waals surface area contributed by atoms with E-state index in [-0.39, 0.29) is 0 Å². The summed E-state index contributed by atoms with van der Waals surface area (Å²) in [5.41, 5.74) is 6.86. The number of nitrogens with zero attached hydrogens (tertiary/aromatic N) is 4. The first kappa shape index (κ1) is 24.0. The minimum Gasteiger partial charge on any atom is -0.497 e. The zero-order chi connectivity index (χ0) is 24.5. The molecule has 0 bridgehead atoms. The Bertz CT molecular complexity index is 1370. The Labute approximate surface area is 215 Å². The first-order valence-corrected chi connectivity index (χ1v) is 13.3. The molecule has 5 rings (SSSR count). The predicted octanol–water partition coefficient (Wildman–Crippen LogP) is 6.54. The molecule has 35 heavy (non-hydrogen) atoms. The van der Waals surface area contributed by atoms with E-state index in [4.69, 9.17) is 31.2 Å². The lowest BCUT2D eigenvalue weighted by atomic mass is 10.1. The van der Waals surface area contributed by atoms with E-state index >= 15 is 0 Å². The molecule has 0 saturated carbocycles. The van der Waals surface area contributed by atoms with Crippen LogP contribution >= 0.6 is 23.4 Å². The van der Waals surface area contributed by atoms with E-state index in [0.717, 1.165) is 64.8 Å². The molecule has 1 aliphatic heterocycles. The molecule has 0 radical (unpaired) electrons. The van der Waals surface area contributed by atoms with Crippen molar-refractivity contribution in [2.75, 3.05) is 24.8 Å². The van der Waals surface area contributed by atoms with Gasteiger partial charge in [0.25, 0.3) is 0 Å². The maximum atomic E-state index is 6.69. The number of hydrogen-bond donors (Lipinski definition) is 0. The lowest BCUT2D eigenvalue weighted by Gasteiger charge is -2.27. The van der Waals surface area contributed by atoms with Gasteiger partial charge in [0.2, 0.25) is 0 Å². The molecule has 3 heterocycles. The maximum Gasteiger partial charge on any atom is 0.165 e. The molecule has 0 atom stereocenters. The van der Waals surface area contributed by atoms with E-state index in [1.54, 1.807) is 18.9 Å². The molecule has 4 aromatic rings. The van der Waals surface area contributed by atoms with Crippen molar-refractivity contribution < 1.29 is 9.47 Å². The lowest BCUT2D eigenvalue weighted by Crippen LogP contribution is -2.27. The Kier molecular flexibility index (Phi) is 6.91. The fourth-order valence-electron chi connectivity index (χ4n) is 4.68. The van der Waals surface area contributed by atoms with Crippen molar-refractivity contribution in [3.63, 3.8) is 0 Å². The van der Waals surface area contributed by atoms with Gasteiger partial charge in [-0.15, -0.1) is 11.8 Å². The number of anilines is 1. The Hall–Kier alpha value is -2.74. The van der Waals surface area contributed by atoms with Crippen molar-refractivity contribution in [3.05, 3.63) is 70.0 Å². The summed E-state index contributed by atoms with van der Waals surface area (Å²) in [4.78, 5) is 8.69. The number of methoxy groups -OCH3 is 1. The molecule has 182 valence electrons. The number of thioether (sulfide) groups is 1. The second-order valence-electron chi connectivity index (χ2n) is 8.66. The van der Waals surface area contributed by atoms with Crippen LogP contribution in [0.2, 0.25) is 5.02 Å². The van der Waals surface area contributed by atoms with Crippen LogP contribution in [0.15, 0.2) is 47.4 Å². The van der Waals surface area contributed by atoms with Crippen LogP contribution in [-0.4, -0.2) is 34.5 Å². The maximum absolute atomic E-state index is 6.69. The van der Waals surface area contributed by atoms with Gasteiger partial charge in [0.05, 0.1) is 42.3 Å². The van der Waals surface area contributed by atoms with Gasteiger partial charge >= 0.3 is 0 Å². The van der Waals surface area contributed by atoms with Crippen molar-refractivity contribution in [1.29, 1.82) is 0 Å². The first-order valence-electron chi connectivity index (χ1n) is 11.7.